The standard InChI is InChI=1S/C16H20ClFN4O3/c1-9(11-3-2-4-12(17)13(11)18)19-14-20-15(23)22(16(24)21-14)10-5-7-25-8-6-10/h2-4,9-10,14,19H,5-8H2,1H3,(H,20,23)(H,21,24)/t9-/m0/s1. The van der Waals surface area contributed by atoms with E-state index in [1.54, 1.807) is 19.1 Å². The number of carbonyl (C=O) groups is 2. The first-order valence-corrected chi connectivity index (χ1v) is 8.53. The van der Waals surface area contributed by atoms with Gasteiger partial charge in [-0.25, -0.2) is 18.9 Å². The number of urea groups is 2. The van der Waals surface area contributed by atoms with E-state index >= 15 is 0 Å². The minimum atomic E-state index is -0.801. The van der Waals surface area contributed by atoms with Crippen LogP contribution in [0.2, 0.25) is 5.02 Å². The van der Waals surface area contributed by atoms with Gasteiger partial charge in [-0.2, -0.15) is 0 Å². The number of rotatable bonds is 4. The SMILES string of the molecule is C[C@H](NC1NC(=O)N(C2CCOCC2)C(=O)N1)c1cccc(Cl)c1F. The number of ether oxygens (including phenoxy) is 1. The molecular weight excluding hydrogens is 351 g/mol. The highest BCUT2D eigenvalue weighted by Gasteiger charge is 2.37. The van der Waals surface area contributed by atoms with E-state index in [1.807, 2.05) is 0 Å². The lowest BCUT2D eigenvalue weighted by Crippen LogP contribution is -2.70. The molecule has 2 saturated heterocycles. The third-order valence-electron chi connectivity index (χ3n) is 4.39. The predicted molar refractivity (Wildman–Crippen MR) is 89.5 cm³/mol. The molecule has 0 unspecified atom stereocenters. The van der Waals surface area contributed by atoms with Crippen molar-refractivity contribution in [3.63, 3.8) is 0 Å². The first-order valence-electron chi connectivity index (χ1n) is 8.15. The largest absolute Gasteiger partial charge is 0.381 e. The summed E-state index contributed by atoms with van der Waals surface area (Å²) in [6.45, 7) is 2.76. The van der Waals surface area contributed by atoms with Gasteiger partial charge in [0, 0.05) is 30.9 Å². The Labute approximate surface area is 149 Å². The third-order valence-corrected chi connectivity index (χ3v) is 4.69. The summed E-state index contributed by atoms with van der Waals surface area (Å²) in [5, 5.41) is 8.35. The van der Waals surface area contributed by atoms with Crippen molar-refractivity contribution in [2.24, 2.45) is 0 Å². The van der Waals surface area contributed by atoms with Crippen LogP contribution < -0.4 is 16.0 Å². The maximum Gasteiger partial charge on any atom is 0.328 e. The van der Waals surface area contributed by atoms with Crippen LogP contribution >= 0.6 is 11.6 Å². The molecule has 0 saturated carbocycles. The number of benzene rings is 1. The van der Waals surface area contributed by atoms with Crippen LogP contribution in [0.1, 0.15) is 31.4 Å². The van der Waals surface area contributed by atoms with Gasteiger partial charge in [0.05, 0.1) is 5.02 Å². The fraction of sp³-hybridized carbons (Fsp3) is 0.500. The summed E-state index contributed by atoms with van der Waals surface area (Å²) in [6.07, 6.45) is 0.427. The van der Waals surface area contributed by atoms with Gasteiger partial charge in [-0.15, -0.1) is 0 Å². The van der Waals surface area contributed by atoms with Crippen LogP contribution in [0.4, 0.5) is 14.0 Å². The molecule has 2 aliphatic rings. The molecule has 3 rings (SSSR count). The predicted octanol–water partition coefficient (Wildman–Crippen LogP) is 2.33. The van der Waals surface area contributed by atoms with E-state index in [-0.39, 0.29) is 11.1 Å². The Morgan fingerprint density at radius 3 is 2.56 bits per heavy atom. The second-order valence-corrected chi connectivity index (χ2v) is 6.48. The number of carbonyl (C=O) groups excluding carboxylic acids is 2. The lowest BCUT2D eigenvalue weighted by atomic mass is 10.1. The molecule has 2 fully saturated rings. The van der Waals surface area contributed by atoms with Crippen molar-refractivity contribution >= 4 is 23.7 Å². The molecule has 0 aromatic heterocycles. The summed E-state index contributed by atoms with van der Waals surface area (Å²) in [4.78, 5) is 25.8. The third kappa shape index (κ3) is 3.86. The van der Waals surface area contributed by atoms with E-state index in [9.17, 15) is 14.0 Å². The van der Waals surface area contributed by atoms with Crippen molar-refractivity contribution in [3.05, 3.63) is 34.6 Å². The minimum Gasteiger partial charge on any atom is -0.381 e. The molecule has 25 heavy (non-hydrogen) atoms. The molecule has 1 atom stereocenters. The molecule has 1 aromatic carbocycles. The molecule has 2 heterocycles. The summed E-state index contributed by atoms with van der Waals surface area (Å²) in [5.74, 6) is -0.526. The Hall–Kier alpha value is -1.90. The van der Waals surface area contributed by atoms with Crippen molar-refractivity contribution in [2.45, 2.75) is 38.1 Å². The Kier molecular flexibility index (Phi) is 5.41. The van der Waals surface area contributed by atoms with E-state index in [0.29, 0.717) is 31.6 Å². The highest BCUT2D eigenvalue weighted by atomic mass is 35.5. The second-order valence-electron chi connectivity index (χ2n) is 6.08. The number of hydrogen-bond donors (Lipinski definition) is 3. The highest BCUT2D eigenvalue weighted by molar-refractivity contribution is 6.30. The van der Waals surface area contributed by atoms with E-state index < -0.39 is 30.2 Å². The van der Waals surface area contributed by atoms with Gasteiger partial charge in [0.2, 0.25) is 0 Å². The molecule has 3 N–H and O–H groups in total. The summed E-state index contributed by atoms with van der Waals surface area (Å²) in [7, 11) is 0. The van der Waals surface area contributed by atoms with Crippen LogP contribution in [0.5, 0.6) is 0 Å². The van der Waals surface area contributed by atoms with Gasteiger partial charge in [0.1, 0.15) is 5.82 Å². The van der Waals surface area contributed by atoms with E-state index in [4.69, 9.17) is 16.3 Å². The van der Waals surface area contributed by atoms with Gasteiger partial charge in [-0.3, -0.25) is 5.32 Å². The van der Waals surface area contributed by atoms with Crippen LogP contribution in [-0.2, 0) is 4.74 Å². The smallest absolute Gasteiger partial charge is 0.328 e. The zero-order chi connectivity index (χ0) is 18.0. The summed E-state index contributed by atoms with van der Waals surface area (Å²) in [5.41, 5.74) is 0.350. The highest BCUT2D eigenvalue weighted by Crippen LogP contribution is 2.23. The summed E-state index contributed by atoms with van der Waals surface area (Å²) < 4.78 is 19.4. The zero-order valence-electron chi connectivity index (χ0n) is 13.7. The lowest BCUT2D eigenvalue weighted by Gasteiger charge is -2.39. The van der Waals surface area contributed by atoms with Crippen molar-refractivity contribution in [2.75, 3.05) is 13.2 Å². The molecule has 136 valence electrons. The minimum absolute atomic E-state index is 0.0218. The number of amides is 4. The average molecular weight is 371 g/mol. The number of nitrogens with one attached hydrogen (secondary N) is 3. The van der Waals surface area contributed by atoms with E-state index in [0.717, 1.165) is 0 Å². The molecule has 0 spiro atoms. The van der Waals surface area contributed by atoms with Gasteiger partial charge in [-0.1, -0.05) is 23.7 Å². The van der Waals surface area contributed by atoms with Crippen molar-refractivity contribution < 1.29 is 18.7 Å². The second kappa shape index (κ2) is 7.55. The zero-order valence-corrected chi connectivity index (χ0v) is 14.5. The Morgan fingerprint density at radius 1 is 1.28 bits per heavy atom. The summed E-state index contributed by atoms with van der Waals surface area (Å²) >= 11 is 5.79. The molecule has 1 aromatic rings. The monoisotopic (exact) mass is 370 g/mol. The fourth-order valence-corrected chi connectivity index (χ4v) is 3.25. The van der Waals surface area contributed by atoms with Crippen LogP contribution in [0.3, 0.4) is 0 Å². The van der Waals surface area contributed by atoms with Gasteiger partial charge < -0.3 is 15.4 Å². The molecule has 0 bridgehead atoms. The number of hydrogen-bond acceptors (Lipinski definition) is 4. The number of halogens is 2. The lowest BCUT2D eigenvalue weighted by molar-refractivity contribution is 0.0492. The van der Waals surface area contributed by atoms with Crippen LogP contribution in [0, 0.1) is 5.82 Å². The van der Waals surface area contributed by atoms with Gasteiger partial charge in [0.25, 0.3) is 0 Å². The fourth-order valence-electron chi connectivity index (χ4n) is 3.07. The topological polar surface area (TPSA) is 82.7 Å². The quantitative estimate of drug-likeness (QED) is 0.759. The Bertz CT molecular complexity index is 651. The number of nitrogens with zero attached hydrogens (tertiary/aromatic N) is 1. The first kappa shape index (κ1) is 17.9. The molecule has 4 amide bonds. The van der Waals surface area contributed by atoms with E-state index in [2.05, 4.69) is 16.0 Å². The molecular formula is C16H20ClFN4O3. The van der Waals surface area contributed by atoms with E-state index in [1.165, 1.54) is 11.0 Å². The van der Waals surface area contributed by atoms with Crippen LogP contribution in [-0.4, -0.2) is 42.5 Å². The van der Waals surface area contributed by atoms with Crippen molar-refractivity contribution in [1.82, 2.24) is 20.9 Å². The van der Waals surface area contributed by atoms with Crippen LogP contribution in [0.15, 0.2) is 18.2 Å². The molecule has 0 radical (unpaired) electrons. The normalized spacial score (nSPS) is 21.0. The van der Waals surface area contributed by atoms with Gasteiger partial charge in [0.15, 0.2) is 6.29 Å². The van der Waals surface area contributed by atoms with Gasteiger partial charge in [-0.05, 0) is 25.8 Å². The number of imide groups is 1. The maximum atomic E-state index is 14.1. The average Bonchev–Trinajstić information content (AvgIpc) is 2.57. The molecule has 2 aliphatic heterocycles. The first-order chi connectivity index (χ1) is 12.0. The molecule has 9 heteroatoms. The molecule has 0 aliphatic carbocycles. The van der Waals surface area contributed by atoms with Gasteiger partial charge >= 0.3 is 12.1 Å². The maximum absolute atomic E-state index is 14.1. The Balaban J connectivity index is 1.64. The Morgan fingerprint density at radius 2 is 1.92 bits per heavy atom. The van der Waals surface area contributed by atoms with Crippen molar-refractivity contribution in [1.29, 1.82) is 0 Å². The molecule has 7 nitrogen and oxygen atoms in total. The van der Waals surface area contributed by atoms with Crippen LogP contribution in [0.25, 0.3) is 0 Å². The van der Waals surface area contributed by atoms with Crippen molar-refractivity contribution in [3.8, 4) is 0 Å². The summed E-state index contributed by atoms with van der Waals surface area (Å²) in [6, 6.07) is 3.09.